The van der Waals surface area contributed by atoms with E-state index in [4.69, 9.17) is 0 Å². The predicted octanol–water partition coefficient (Wildman–Crippen LogP) is 3.62. The molecule has 0 amide bonds. The van der Waals surface area contributed by atoms with Crippen LogP contribution in [0, 0.1) is 18.8 Å². The molecule has 0 saturated carbocycles. The zero-order valence-electron chi connectivity index (χ0n) is 13.7. The highest BCUT2D eigenvalue weighted by atomic mass is 15.2. The molecule has 0 bridgehead atoms. The molecule has 1 aliphatic heterocycles. The number of nitrogens with one attached hydrogen (secondary N) is 1. The number of likely N-dealkylation sites (N-methyl/N-ethyl adjacent to an activating group) is 1. The van der Waals surface area contributed by atoms with Crippen molar-refractivity contribution in [2.45, 2.75) is 46.7 Å². The number of hydrogen-bond acceptors (Lipinski definition) is 2. The molecule has 20 heavy (non-hydrogen) atoms. The van der Waals surface area contributed by atoms with Crippen LogP contribution in [0.25, 0.3) is 0 Å². The second kappa shape index (κ2) is 6.73. The van der Waals surface area contributed by atoms with Crippen molar-refractivity contribution in [3.8, 4) is 0 Å². The van der Waals surface area contributed by atoms with Crippen molar-refractivity contribution in [1.29, 1.82) is 0 Å². The van der Waals surface area contributed by atoms with E-state index in [1.165, 1.54) is 24.2 Å². The molecule has 2 rings (SSSR count). The Labute approximate surface area is 124 Å². The summed E-state index contributed by atoms with van der Waals surface area (Å²) in [4.78, 5) is 2.66. The van der Waals surface area contributed by atoms with Crippen molar-refractivity contribution < 1.29 is 0 Å². The highest BCUT2D eigenvalue weighted by Crippen LogP contribution is 2.29. The van der Waals surface area contributed by atoms with Gasteiger partial charge in [0.05, 0.1) is 0 Å². The van der Waals surface area contributed by atoms with Gasteiger partial charge in [0.25, 0.3) is 0 Å². The Balaban J connectivity index is 2.13. The van der Waals surface area contributed by atoms with Crippen LogP contribution in [-0.2, 0) is 0 Å². The summed E-state index contributed by atoms with van der Waals surface area (Å²) in [6, 6.07) is 9.98. The van der Waals surface area contributed by atoms with Gasteiger partial charge in [-0.2, -0.15) is 0 Å². The second-order valence-corrected chi connectivity index (χ2v) is 6.60. The average Bonchev–Trinajstić information content (AvgIpc) is 2.77. The summed E-state index contributed by atoms with van der Waals surface area (Å²) < 4.78 is 0. The Morgan fingerprint density at radius 2 is 1.70 bits per heavy atom. The van der Waals surface area contributed by atoms with E-state index in [1.807, 2.05) is 0 Å². The molecule has 2 heteroatoms. The minimum atomic E-state index is 0.429. The van der Waals surface area contributed by atoms with E-state index in [2.05, 4.69) is 69.1 Å². The molecule has 0 aliphatic carbocycles. The number of hydrogen-bond donors (Lipinski definition) is 1. The summed E-state index contributed by atoms with van der Waals surface area (Å²) in [5.41, 5.74) is 2.75. The summed E-state index contributed by atoms with van der Waals surface area (Å²) >= 11 is 0. The van der Waals surface area contributed by atoms with Gasteiger partial charge < -0.3 is 5.32 Å². The lowest BCUT2D eigenvalue weighted by atomic mass is 9.98. The number of aryl methyl sites for hydroxylation is 1. The fourth-order valence-corrected chi connectivity index (χ4v) is 3.28. The fourth-order valence-electron chi connectivity index (χ4n) is 3.28. The first-order valence-corrected chi connectivity index (χ1v) is 8.07. The molecule has 1 aromatic rings. The van der Waals surface area contributed by atoms with Crippen LogP contribution in [0.1, 0.15) is 44.9 Å². The van der Waals surface area contributed by atoms with Crippen LogP contribution in [0.15, 0.2) is 24.3 Å². The van der Waals surface area contributed by atoms with Crippen LogP contribution >= 0.6 is 0 Å². The molecule has 1 aromatic carbocycles. The van der Waals surface area contributed by atoms with Crippen LogP contribution < -0.4 is 5.32 Å². The van der Waals surface area contributed by atoms with Crippen LogP contribution in [0.4, 0.5) is 0 Å². The largest absolute Gasteiger partial charge is 0.309 e. The summed E-state index contributed by atoms with van der Waals surface area (Å²) in [7, 11) is 0. The fraction of sp³-hybridized carbons (Fsp3) is 0.667. The van der Waals surface area contributed by atoms with Gasteiger partial charge in [-0.05, 0) is 37.8 Å². The second-order valence-electron chi connectivity index (χ2n) is 6.60. The molecule has 1 heterocycles. The molecule has 4 unspecified atom stereocenters. The molecule has 4 atom stereocenters. The molecule has 112 valence electrons. The molecule has 0 spiro atoms. The smallest absolute Gasteiger partial charge is 0.0475 e. The van der Waals surface area contributed by atoms with Gasteiger partial charge in [-0.15, -0.1) is 0 Å². The quantitative estimate of drug-likeness (QED) is 0.882. The minimum absolute atomic E-state index is 0.429. The van der Waals surface area contributed by atoms with E-state index in [9.17, 15) is 0 Å². The van der Waals surface area contributed by atoms with Gasteiger partial charge in [-0.25, -0.2) is 0 Å². The third-order valence-electron chi connectivity index (χ3n) is 4.94. The van der Waals surface area contributed by atoms with E-state index < -0.39 is 0 Å². The predicted molar refractivity (Wildman–Crippen MR) is 87.0 cm³/mol. The molecule has 0 aromatic heterocycles. The van der Waals surface area contributed by atoms with Crippen LogP contribution in [0.3, 0.4) is 0 Å². The zero-order chi connectivity index (χ0) is 14.7. The molecule has 1 fully saturated rings. The SMILES string of the molecule is CCNC(c1ccc(C)cc1)C(C)N1CC(C)C(C)C1. The zero-order valence-corrected chi connectivity index (χ0v) is 13.7. The Morgan fingerprint density at radius 3 is 2.20 bits per heavy atom. The number of likely N-dealkylation sites (tertiary alicyclic amines) is 1. The van der Waals surface area contributed by atoms with Crippen LogP contribution in [0.5, 0.6) is 0 Å². The van der Waals surface area contributed by atoms with Crippen molar-refractivity contribution in [2.24, 2.45) is 11.8 Å². The molecular formula is C18H30N2. The lowest BCUT2D eigenvalue weighted by molar-refractivity contribution is 0.199. The highest BCUT2D eigenvalue weighted by molar-refractivity contribution is 5.25. The standard InChI is InChI=1S/C18H30N2/c1-6-19-18(17-9-7-13(2)8-10-17)16(5)20-11-14(3)15(4)12-20/h7-10,14-16,18-19H,6,11-12H2,1-5H3. The van der Waals surface area contributed by atoms with E-state index in [1.54, 1.807) is 0 Å². The Hall–Kier alpha value is -0.860. The van der Waals surface area contributed by atoms with Gasteiger partial charge in [0, 0.05) is 25.2 Å². The summed E-state index contributed by atoms with van der Waals surface area (Å²) in [5.74, 6) is 1.63. The Kier molecular flexibility index (Phi) is 5.22. The van der Waals surface area contributed by atoms with Crippen LogP contribution in [0.2, 0.25) is 0 Å². The first-order valence-electron chi connectivity index (χ1n) is 8.07. The average molecular weight is 274 g/mol. The Bertz CT molecular complexity index is 402. The minimum Gasteiger partial charge on any atom is -0.309 e. The third-order valence-corrected chi connectivity index (χ3v) is 4.94. The first-order chi connectivity index (χ1) is 9.52. The van der Waals surface area contributed by atoms with Gasteiger partial charge in [0.1, 0.15) is 0 Å². The topological polar surface area (TPSA) is 15.3 Å². The van der Waals surface area contributed by atoms with E-state index in [0.29, 0.717) is 12.1 Å². The van der Waals surface area contributed by atoms with Crippen molar-refractivity contribution in [3.05, 3.63) is 35.4 Å². The molecule has 1 aliphatic rings. The monoisotopic (exact) mass is 274 g/mol. The van der Waals surface area contributed by atoms with E-state index >= 15 is 0 Å². The lowest BCUT2D eigenvalue weighted by Crippen LogP contribution is -2.42. The summed E-state index contributed by atoms with van der Waals surface area (Å²) in [5, 5.41) is 3.68. The maximum Gasteiger partial charge on any atom is 0.0475 e. The maximum atomic E-state index is 3.68. The van der Waals surface area contributed by atoms with Crippen molar-refractivity contribution >= 4 is 0 Å². The van der Waals surface area contributed by atoms with Crippen molar-refractivity contribution in [2.75, 3.05) is 19.6 Å². The van der Waals surface area contributed by atoms with Crippen LogP contribution in [-0.4, -0.2) is 30.6 Å². The van der Waals surface area contributed by atoms with Crippen molar-refractivity contribution in [3.63, 3.8) is 0 Å². The van der Waals surface area contributed by atoms with Gasteiger partial charge in [-0.3, -0.25) is 4.90 Å². The number of nitrogens with zero attached hydrogens (tertiary/aromatic N) is 1. The van der Waals surface area contributed by atoms with Gasteiger partial charge in [-0.1, -0.05) is 50.6 Å². The highest BCUT2D eigenvalue weighted by Gasteiger charge is 2.32. The normalized spacial score (nSPS) is 26.6. The summed E-state index contributed by atoms with van der Waals surface area (Å²) in [6.45, 7) is 15.0. The molecule has 1 saturated heterocycles. The third kappa shape index (κ3) is 3.42. The molecule has 2 nitrogen and oxygen atoms in total. The molecule has 0 radical (unpaired) electrons. The lowest BCUT2D eigenvalue weighted by Gasteiger charge is -2.33. The maximum absolute atomic E-state index is 3.68. The van der Waals surface area contributed by atoms with Gasteiger partial charge in [0.15, 0.2) is 0 Å². The molecule has 1 N–H and O–H groups in total. The number of benzene rings is 1. The number of rotatable bonds is 5. The first kappa shape index (κ1) is 15.5. The van der Waals surface area contributed by atoms with Crippen molar-refractivity contribution in [1.82, 2.24) is 10.2 Å². The Morgan fingerprint density at radius 1 is 1.15 bits per heavy atom. The van der Waals surface area contributed by atoms with Gasteiger partial charge >= 0.3 is 0 Å². The van der Waals surface area contributed by atoms with E-state index in [0.717, 1.165) is 18.4 Å². The molecular weight excluding hydrogens is 244 g/mol. The summed E-state index contributed by atoms with van der Waals surface area (Å²) in [6.07, 6.45) is 0. The van der Waals surface area contributed by atoms with Gasteiger partial charge in [0.2, 0.25) is 0 Å². The van der Waals surface area contributed by atoms with E-state index in [-0.39, 0.29) is 0 Å².